The lowest BCUT2D eigenvalue weighted by Gasteiger charge is -2.28. The van der Waals surface area contributed by atoms with Crippen LogP contribution in [0.2, 0.25) is 0 Å². The van der Waals surface area contributed by atoms with E-state index in [1.54, 1.807) is 11.0 Å². The smallest absolute Gasteiger partial charge is 0.266 e. The summed E-state index contributed by atoms with van der Waals surface area (Å²) in [4.78, 5) is 28.5. The van der Waals surface area contributed by atoms with Crippen molar-refractivity contribution in [1.29, 1.82) is 0 Å². The third-order valence-electron chi connectivity index (χ3n) is 3.68. The summed E-state index contributed by atoms with van der Waals surface area (Å²) in [6.07, 6.45) is 1.79. The second-order valence-electron chi connectivity index (χ2n) is 5.32. The van der Waals surface area contributed by atoms with Gasteiger partial charge in [0.2, 0.25) is 5.91 Å². The minimum atomic E-state index is -0.216. The predicted octanol–water partition coefficient (Wildman–Crippen LogP) is 2.51. The molecule has 2 fully saturated rings. The van der Waals surface area contributed by atoms with Gasteiger partial charge in [-0.05, 0) is 23.8 Å². The van der Waals surface area contributed by atoms with E-state index in [1.807, 2.05) is 24.3 Å². The summed E-state index contributed by atoms with van der Waals surface area (Å²) in [5.41, 5.74) is 0.907. The summed E-state index contributed by atoms with van der Waals surface area (Å²) in [5.74, 6) is -0.315. The molecule has 2 aliphatic heterocycles. The molecule has 1 aromatic rings. The number of ether oxygens (including phenoxy) is 1. The lowest BCUT2D eigenvalue weighted by Crippen LogP contribution is -2.46. The molecule has 126 valence electrons. The fourth-order valence-electron chi connectivity index (χ4n) is 2.43. The number of nitrogens with zero attached hydrogens (tertiary/aromatic N) is 2. The molecular formula is C16H15BrN2O3S2. The summed E-state index contributed by atoms with van der Waals surface area (Å²) in [6, 6.07) is 7.66. The zero-order valence-electron chi connectivity index (χ0n) is 12.7. The van der Waals surface area contributed by atoms with Crippen molar-refractivity contribution in [2.24, 2.45) is 0 Å². The lowest BCUT2D eigenvalue weighted by atomic mass is 10.2. The highest BCUT2D eigenvalue weighted by atomic mass is 79.9. The molecule has 24 heavy (non-hydrogen) atoms. The molecule has 2 aliphatic rings. The van der Waals surface area contributed by atoms with Gasteiger partial charge < -0.3 is 9.64 Å². The van der Waals surface area contributed by atoms with Gasteiger partial charge in [0.1, 0.15) is 10.9 Å². The minimum absolute atomic E-state index is 0.0134. The first-order valence-electron chi connectivity index (χ1n) is 7.41. The first kappa shape index (κ1) is 17.6. The number of carbonyl (C=O) groups excluding carboxylic acids is 2. The maximum atomic E-state index is 12.6. The zero-order chi connectivity index (χ0) is 17.1. The second-order valence-corrected chi connectivity index (χ2v) is 7.91. The minimum Gasteiger partial charge on any atom is -0.378 e. The Balaban J connectivity index is 1.71. The fraction of sp³-hybridized carbons (Fsp3) is 0.312. The lowest BCUT2D eigenvalue weighted by molar-refractivity contribution is -0.138. The maximum Gasteiger partial charge on any atom is 0.266 e. The third kappa shape index (κ3) is 4.05. The summed E-state index contributed by atoms with van der Waals surface area (Å²) in [7, 11) is 0. The number of hydrogen-bond acceptors (Lipinski definition) is 5. The molecule has 0 radical (unpaired) electrons. The molecule has 0 aliphatic carbocycles. The van der Waals surface area contributed by atoms with Crippen molar-refractivity contribution < 1.29 is 14.3 Å². The SMILES string of the molecule is O=C(CN1C(=O)/C(=C\c2cccc(Br)c2)SC1=S)N1CCOCC1. The van der Waals surface area contributed by atoms with Gasteiger partial charge in [-0.25, -0.2) is 0 Å². The Morgan fingerprint density at radius 3 is 2.83 bits per heavy atom. The molecule has 0 N–H and O–H groups in total. The molecule has 0 bridgehead atoms. The first-order chi connectivity index (χ1) is 11.5. The van der Waals surface area contributed by atoms with Gasteiger partial charge in [0.15, 0.2) is 0 Å². The van der Waals surface area contributed by atoms with Gasteiger partial charge in [0, 0.05) is 17.6 Å². The quantitative estimate of drug-likeness (QED) is 0.548. The predicted molar refractivity (Wildman–Crippen MR) is 101 cm³/mol. The topological polar surface area (TPSA) is 49.9 Å². The first-order valence-corrected chi connectivity index (χ1v) is 9.43. The standard InChI is InChI=1S/C16H15BrN2O3S2/c17-12-3-1-2-11(8-12)9-13-15(21)19(16(23)24-13)10-14(20)18-4-6-22-7-5-18/h1-3,8-9H,4-7,10H2/b13-9+. The van der Waals surface area contributed by atoms with Crippen LogP contribution in [0.25, 0.3) is 6.08 Å². The summed E-state index contributed by atoms with van der Waals surface area (Å²) in [5, 5.41) is 0. The van der Waals surface area contributed by atoms with E-state index < -0.39 is 0 Å². The van der Waals surface area contributed by atoms with Crippen molar-refractivity contribution in [1.82, 2.24) is 9.80 Å². The van der Waals surface area contributed by atoms with Crippen LogP contribution in [-0.4, -0.2) is 58.8 Å². The molecule has 8 heteroatoms. The van der Waals surface area contributed by atoms with Crippen LogP contribution < -0.4 is 0 Å². The fourth-order valence-corrected chi connectivity index (χ4v) is 4.10. The maximum absolute atomic E-state index is 12.6. The van der Waals surface area contributed by atoms with E-state index in [1.165, 1.54) is 16.7 Å². The van der Waals surface area contributed by atoms with E-state index in [9.17, 15) is 9.59 Å². The van der Waals surface area contributed by atoms with Gasteiger partial charge in [-0.2, -0.15) is 0 Å². The molecule has 0 atom stereocenters. The van der Waals surface area contributed by atoms with Gasteiger partial charge in [-0.15, -0.1) is 0 Å². The number of thiocarbonyl (C=S) groups is 1. The average Bonchev–Trinajstić information content (AvgIpc) is 2.83. The van der Waals surface area contributed by atoms with E-state index in [4.69, 9.17) is 17.0 Å². The van der Waals surface area contributed by atoms with Gasteiger partial charge in [-0.1, -0.05) is 52.0 Å². The molecule has 0 saturated carbocycles. The van der Waals surface area contributed by atoms with Gasteiger partial charge in [0.05, 0.1) is 18.1 Å². The number of benzene rings is 1. The number of amides is 2. The number of hydrogen-bond donors (Lipinski definition) is 0. The van der Waals surface area contributed by atoms with Gasteiger partial charge in [-0.3, -0.25) is 14.5 Å². The number of halogens is 1. The molecular weight excluding hydrogens is 412 g/mol. The van der Waals surface area contributed by atoms with Crippen molar-refractivity contribution in [3.63, 3.8) is 0 Å². The van der Waals surface area contributed by atoms with Crippen LogP contribution >= 0.6 is 39.9 Å². The van der Waals surface area contributed by atoms with Crippen molar-refractivity contribution in [3.05, 3.63) is 39.2 Å². The molecule has 2 amide bonds. The van der Waals surface area contributed by atoms with E-state index in [2.05, 4.69) is 15.9 Å². The summed E-state index contributed by atoms with van der Waals surface area (Å²) in [6.45, 7) is 2.17. The zero-order valence-corrected chi connectivity index (χ0v) is 16.0. The van der Waals surface area contributed by atoms with Crippen molar-refractivity contribution in [3.8, 4) is 0 Å². The molecule has 2 heterocycles. The van der Waals surface area contributed by atoms with Crippen molar-refractivity contribution >= 4 is 62.1 Å². The number of carbonyl (C=O) groups is 2. The second kappa shape index (κ2) is 7.77. The number of rotatable bonds is 3. The Kier molecular flexibility index (Phi) is 5.70. The van der Waals surface area contributed by atoms with Crippen LogP contribution in [0, 0.1) is 0 Å². The molecule has 2 saturated heterocycles. The molecule has 5 nitrogen and oxygen atoms in total. The summed E-state index contributed by atoms with van der Waals surface area (Å²) < 4.78 is 6.60. The number of thioether (sulfide) groups is 1. The van der Waals surface area contributed by atoms with Crippen LogP contribution in [0.3, 0.4) is 0 Å². The van der Waals surface area contributed by atoms with E-state index in [-0.39, 0.29) is 18.4 Å². The Labute approximate surface area is 158 Å². The Bertz CT molecular complexity index is 717. The average molecular weight is 427 g/mol. The van der Waals surface area contributed by atoms with Crippen molar-refractivity contribution in [2.45, 2.75) is 0 Å². The monoisotopic (exact) mass is 426 g/mol. The van der Waals surface area contributed by atoms with Crippen LogP contribution in [0.5, 0.6) is 0 Å². The highest BCUT2D eigenvalue weighted by molar-refractivity contribution is 9.10. The normalized spacial score (nSPS) is 20.1. The Morgan fingerprint density at radius 1 is 1.38 bits per heavy atom. The molecule has 1 aromatic carbocycles. The van der Waals surface area contributed by atoms with Gasteiger partial charge in [0.25, 0.3) is 5.91 Å². The Hall–Kier alpha value is -1.22. The largest absolute Gasteiger partial charge is 0.378 e. The van der Waals surface area contributed by atoms with Gasteiger partial charge >= 0.3 is 0 Å². The molecule has 3 rings (SSSR count). The highest BCUT2D eigenvalue weighted by Crippen LogP contribution is 2.32. The third-order valence-corrected chi connectivity index (χ3v) is 5.55. The van der Waals surface area contributed by atoms with Crippen LogP contribution in [0.15, 0.2) is 33.6 Å². The molecule has 0 aromatic heterocycles. The highest BCUT2D eigenvalue weighted by Gasteiger charge is 2.34. The molecule has 0 spiro atoms. The van der Waals surface area contributed by atoms with E-state index >= 15 is 0 Å². The van der Waals surface area contributed by atoms with E-state index in [0.29, 0.717) is 35.5 Å². The van der Waals surface area contributed by atoms with Crippen LogP contribution in [0.1, 0.15) is 5.56 Å². The van der Waals surface area contributed by atoms with Crippen LogP contribution in [0.4, 0.5) is 0 Å². The van der Waals surface area contributed by atoms with Crippen LogP contribution in [-0.2, 0) is 14.3 Å². The Morgan fingerprint density at radius 2 is 2.12 bits per heavy atom. The summed E-state index contributed by atoms with van der Waals surface area (Å²) >= 11 is 9.92. The van der Waals surface area contributed by atoms with E-state index in [0.717, 1.165) is 10.0 Å². The number of morpholine rings is 1. The van der Waals surface area contributed by atoms with Crippen molar-refractivity contribution in [2.75, 3.05) is 32.8 Å². The molecule has 0 unspecified atom stereocenters.